The summed E-state index contributed by atoms with van der Waals surface area (Å²) in [5, 5.41) is 4.31. The van der Waals surface area contributed by atoms with Gasteiger partial charge in [0.25, 0.3) is 0 Å². The maximum Gasteiger partial charge on any atom is 0.102 e. The minimum absolute atomic E-state index is 0.587. The summed E-state index contributed by atoms with van der Waals surface area (Å²) in [4.78, 5) is 0. The van der Waals surface area contributed by atoms with Gasteiger partial charge in [-0.3, -0.25) is 4.68 Å². The van der Waals surface area contributed by atoms with Crippen LogP contribution in [0.4, 0.5) is 0 Å². The van der Waals surface area contributed by atoms with Crippen molar-refractivity contribution < 1.29 is 4.74 Å². The summed E-state index contributed by atoms with van der Waals surface area (Å²) in [5.41, 5.74) is 0.971. The van der Waals surface area contributed by atoms with Crippen molar-refractivity contribution in [1.29, 1.82) is 0 Å². The summed E-state index contributed by atoms with van der Waals surface area (Å²) in [6.45, 7) is 6.24. The Kier molecular flexibility index (Phi) is 3.75. The van der Waals surface area contributed by atoms with Crippen molar-refractivity contribution in [3.05, 3.63) is 16.4 Å². The van der Waals surface area contributed by atoms with Crippen molar-refractivity contribution in [3.8, 4) is 0 Å². The lowest BCUT2D eigenvalue weighted by Crippen LogP contribution is -1.97. The predicted octanol–water partition coefficient (Wildman–Crippen LogP) is 2.20. The largest absolute Gasteiger partial charge is 0.375 e. The standard InChI is InChI=1S/C8H13BrN2O/c1-3-11-5-7(9)8(10-11)6-12-4-2/h5H,3-4,6H2,1-2H3. The lowest BCUT2D eigenvalue weighted by molar-refractivity contribution is 0.130. The second-order valence-corrected chi connectivity index (χ2v) is 3.27. The molecule has 0 unspecified atom stereocenters. The Labute approximate surface area is 80.8 Å². The van der Waals surface area contributed by atoms with Crippen LogP contribution in [0.5, 0.6) is 0 Å². The molecular weight excluding hydrogens is 220 g/mol. The molecule has 0 N–H and O–H groups in total. The van der Waals surface area contributed by atoms with Crippen LogP contribution in [0, 0.1) is 0 Å². The summed E-state index contributed by atoms with van der Waals surface area (Å²) >= 11 is 3.42. The Bertz CT molecular complexity index is 247. The topological polar surface area (TPSA) is 27.1 Å². The lowest BCUT2D eigenvalue weighted by Gasteiger charge is -1.96. The Balaban J connectivity index is 2.64. The lowest BCUT2D eigenvalue weighted by atomic mass is 10.5. The molecule has 0 radical (unpaired) electrons. The maximum absolute atomic E-state index is 5.25. The number of halogens is 1. The molecule has 0 aliphatic rings. The van der Waals surface area contributed by atoms with Gasteiger partial charge in [-0.05, 0) is 29.8 Å². The highest BCUT2D eigenvalue weighted by atomic mass is 79.9. The van der Waals surface area contributed by atoms with E-state index in [9.17, 15) is 0 Å². The van der Waals surface area contributed by atoms with Gasteiger partial charge < -0.3 is 4.74 Å². The Morgan fingerprint density at radius 3 is 2.83 bits per heavy atom. The molecule has 0 spiro atoms. The van der Waals surface area contributed by atoms with Gasteiger partial charge in [0.05, 0.1) is 11.1 Å². The van der Waals surface area contributed by atoms with E-state index in [1.807, 2.05) is 17.8 Å². The molecule has 0 amide bonds. The van der Waals surface area contributed by atoms with E-state index in [0.717, 1.165) is 23.3 Å². The number of hydrogen-bond acceptors (Lipinski definition) is 2. The van der Waals surface area contributed by atoms with Crippen LogP contribution >= 0.6 is 15.9 Å². The first kappa shape index (κ1) is 9.74. The minimum atomic E-state index is 0.587. The maximum atomic E-state index is 5.25. The Morgan fingerprint density at radius 2 is 2.33 bits per heavy atom. The van der Waals surface area contributed by atoms with Crippen LogP contribution in [0.1, 0.15) is 19.5 Å². The van der Waals surface area contributed by atoms with Crippen LogP contribution in [0.15, 0.2) is 10.7 Å². The fraction of sp³-hybridized carbons (Fsp3) is 0.625. The molecule has 1 rings (SSSR count). The molecule has 12 heavy (non-hydrogen) atoms. The summed E-state index contributed by atoms with van der Waals surface area (Å²) < 4.78 is 8.17. The SMILES string of the molecule is CCOCc1nn(CC)cc1Br. The first-order chi connectivity index (χ1) is 5.77. The number of hydrogen-bond donors (Lipinski definition) is 0. The Morgan fingerprint density at radius 1 is 1.58 bits per heavy atom. The zero-order chi connectivity index (χ0) is 8.97. The zero-order valence-electron chi connectivity index (χ0n) is 7.38. The normalized spacial score (nSPS) is 10.6. The van der Waals surface area contributed by atoms with Gasteiger partial charge in [-0.2, -0.15) is 5.10 Å². The smallest absolute Gasteiger partial charge is 0.102 e. The van der Waals surface area contributed by atoms with Gasteiger partial charge >= 0.3 is 0 Å². The average molecular weight is 233 g/mol. The van der Waals surface area contributed by atoms with Gasteiger partial charge in [0, 0.05) is 19.3 Å². The van der Waals surface area contributed by atoms with Gasteiger partial charge in [0.15, 0.2) is 0 Å². The van der Waals surface area contributed by atoms with Gasteiger partial charge in [0.1, 0.15) is 5.69 Å². The van der Waals surface area contributed by atoms with Crippen molar-refractivity contribution in [2.45, 2.75) is 27.0 Å². The summed E-state index contributed by atoms with van der Waals surface area (Å²) in [7, 11) is 0. The molecule has 0 atom stereocenters. The molecular formula is C8H13BrN2O. The third-order valence-corrected chi connectivity index (χ3v) is 2.22. The predicted molar refractivity (Wildman–Crippen MR) is 50.9 cm³/mol. The molecule has 0 saturated heterocycles. The molecule has 3 nitrogen and oxygen atoms in total. The van der Waals surface area contributed by atoms with Gasteiger partial charge in [0.2, 0.25) is 0 Å². The van der Waals surface area contributed by atoms with Crippen molar-refractivity contribution in [2.75, 3.05) is 6.61 Å². The van der Waals surface area contributed by atoms with Crippen LogP contribution in [0.3, 0.4) is 0 Å². The zero-order valence-corrected chi connectivity index (χ0v) is 8.97. The van der Waals surface area contributed by atoms with Gasteiger partial charge in [-0.25, -0.2) is 0 Å². The fourth-order valence-corrected chi connectivity index (χ4v) is 1.33. The number of ether oxygens (including phenoxy) is 1. The van der Waals surface area contributed by atoms with E-state index in [-0.39, 0.29) is 0 Å². The third-order valence-electron chi connectivity index (χ3n) is 1.55. The Hall–Kier alpha value is -0.350. The summed E-state index contributed by atoms with van der Waals surface area (Å²) in [5.74, 6) is 0. The first-order valence-electron chi connectivity index (χ1n) is 4.07. The van der Waals surface area contributed by atoms with Crippen LogP contribution in [-0.2, 0) is 17.9 Å². The number of rotatable bonds is 4. The second kappa shape index (κ2) is 4.62. The van der Waals surface area contributed by atoms with E-state index in [2.05, 4.69) is 28.0 Å². The third kappa shape index (κ3) is 2.32. The van der Waals surface area contributed by atoms with Crippen LogP contribution in [0.2, 0.25) is 0 Å². The minimum Gasteiger partial charge on any atom is -0.375 e. The van der Waals surface area contributed by atoms with E-state index in [1.54, 1.807) is 0 Å². The summed E-state index contributed by atoms with van der Waals surface area (Å²) in [6.07, 6.45) is 1.97. The highest BCUT2D eigenvalue weighted by molar-refractivity contribution is 9.10. The second-order valence-electron chi connectivity index (χ2n) is 2.42. The van der Waals surface area contributed by atoms with Crippen LogP contribution in [-0.4, -0.2) is 16.4 Å². The van der Waals surface area contributed by atoms with Gasteiger partial charge in [-0.15, -0.1) is 0 Å². The number of aromatic nitrogens is 2. The number of nitrogens with zero attached hydrogens (tertiary/aromatic N) is 2. The average Bonchev–Trinajstić information content (AvgIpc) is 2.43. The highest BCUT2D eigenvalue weighted by Crippen LogP contribution is 2.15. The molecule has 0 bridgehead atoms. The van der Waals surface area contributed by atoms with Crippen molar-refractivity contribution >= 4 is 15.9 Å². The first-order valence-corrected chi connectivity index (χ1v) is 4.86. The molecule has 1 aromatic rings. The molecule has 0 aromatic carbocycles. The molecule has 68 valence electrons. The number of aryl methyl sites for hydroxylation is 1. The molecule has 0 aliphatic heterocycles. The molecule has 4 heteroatoms. The van der Waals surface area contributed by atoms with Crippen molar-refractivity contribution in [2.24, 2.45) is 0 Å². The van der Waals surface area contributed by atoms with E-state index >= 15 is 0 Å². The molecule has 0 fully saturated rings. The summed E-state index contributed by atoms with van der Waals surface area (Å²) in [6, 6.07) is 0. The monoisotopic (exact) mass is 232 g/mol. The molecule has 0 aliphatic carbocycles. The van der Waals surface area contributed by atoms with E-state index in [4.69, 9.17) is 4.74 Å². The van der Waals surface area contributed by atoms with E-state index < -0.39 is 0 Å². The van der Waals surface area contributed by atoms with Gasteiger partial charge in [-0.1, -0.05) is 0 Å². The van der Waals surface area contributed by atoms with Crippen LogP contribution < -0.4 is 0 Å². The molecule has 1 heterocycles. The van der Waals surface area contributed by atoms with Crippen molar-refractivity contribution in [1.82, 2.24) is 9.78 Å². The molecule has 0 saturated carbocycles. The van der Waals surface area contributed by atoms with E-state index in [1.165, 1.54) is 0 Å². The quantitative estimate of drug-likeness (QED) is 0.797. The van der Waals surface area contributed by atoms with Crippen LogP contribution in [0.25, 0.3) is 0 Å². The molecule has 1 aromatic heterocycles. The highest BCUT2D eigenvalue weighted by Gasteiger charge is 2.04. The fourth-order valence-electron chi connectivity index (χ4n) is 0.896. The van der Waals surface area contributed by atoms with Crippen molar-refractivity contribution in [3.63, 3.8) is 0 Å². The van der Waals surface area contributed by atoms with E-state index in [0.29, 0.717) is 6.61 Å².